The van der Waals surface area contributed by atoms with Gasteiger partial charge in [0.25, 0.3) is 0 Å². The Labute approximate surface area is 159 Å². The van der Waals surface area contributed by atoms with Crippen LogP contribution in [0.2, 0.25) is 0 Å². The van der Waals surface area contributed by atoms with E-state index in [2.05, 4.69) is 59.0 Å². The summed E-state index contributed by atoms with van der Waals surface area (Å²) in [6.45, 7) is 4.41. The number of unbranched alkanes of at least 4 members (excludes halogenated alkanes) is 6. The molecule has 21 heavy (non-hydrogen) atoms. The van der Waals surface area contributed by atoms with Crippen LogP contribution >= 0.6 is 52.6 Å². The maximum absolute atomic E-state index is 12.9. The van der Waals surface area contributed by atoms with Crippen LogP contribution in [-0.2, 0) is 4.57 Å². The average molecular weight is 542 g/mol. The van der Waals surface area contributed by atoms with Crippen molar-refractivity contribution >= 4 is 52.6 Å². The summed E-state index contributed by atoms with van der Waals surface area (Å²) in [5.74, 6) is 0. The van der Waals surface area contributed by atoms with Crippen molar-refractivity contribution in [3.05, 3.63) is 0 Å². The molecule has 0 fully saturated rings. The van der Waals surface area contributed by atoms with Gasteiger partial charge in [-0.1, -0.05) is 110 Å². The minimum atomic E-state index is -3.03. The lowest BCUT2D eigenvalue weighted by Gasteiger charge is -2.28. The second-order valence-electron chi connectivity index (χ2n) is 5.99. The molecule has 5 heteroatoms. The summed E-state index contributed by atoms with van der Waals surface area (Å²) in [7, 11) is -3.03. The van der Waals surface area contributed by atoms with E-state index in [-0.39, 0.29) is 11.3 Å². The van der Waals surface area contributed by atoms with Gasteiger partial charge in [0, 0.05) is 20.2 Å². The maximum Gasteiger partial charge on any atom is 0.208 e. The first-order valence-electron chi connectivity index (χ1n) is 8.48. The largest absolute Gasteiger partial charge is 0.344 e. The van der Waals surface area contributed by atoms with Gasteiger partial charge in [0.05, 0.1) is 0 Å². The number of hydrogen-bond acceptors (Lipinski definition) is 1. The highest BCUT2D eigenvalue weighted by atomic mass is 127. The van der Waals surface area contributed by atoms with E-state index in [0.717, 1.165) is 34.5 Å². The predicted molar refractivity (Wildman–Crippen MR) is 113 cm³/mol. The molecule has 0 rings (SSSR count). The minimum Gasteiger partial charge on any atom is -0.344 e. The summed E-state index contributed by atoms with van der Waals surface area (Å²) < 4.78 is 14.6. The van der Waals surface area contributed by atoms with Gasteiger partial charge < -0.3 is 4.89 Å². The van der Waals surface area contributed by atoms with E-state index in [0.29, 0.717) is 0 Å². The van der Waals surface area contributed by atoms with Crippen molar-refractivity contribution in [2.75, 3.05) is 8.86 Å². The Balaban J connectivity index is 4.42. The molecule has 0 saturated heterocycles. The van der Waals surface area contributed by atoms with Crippen LogP contribution in [0.5, 0.6) is 0 Å². The van der Waals surface area contributed by atoms with Gasteiger partial charge in [-0.25, -0.2) is 0 Å². The number of rotatable bonds is 14. The van der Waals surface area contributed by atoms with Gasteiger partial charge in [-0.2, -0.15) is 0 Å². The zero-order valence-corrected chi connectivity index (χ0v) is 18.9. The molecule has 0 saturated carbocycles. The summed E-state index contributed by atoms with van der Waals surface area (Å²) in [5, 5.41) is 0. The molecule has 0 spiro atoms. The molecule has 0 aromatic heterocycles. The van der Waals surface area contributed by atoms with E-state index in [1.165, 1.54) is 38.5 Å². The van der Waals surface area contributed by atoms with E-state index in [1.54, 1.807) is 0 Å². The van der Waals surface area contributed by atoms with Gasteiger partial charge in [-0.05, 0) is 12.8 Å². The van der Waals surface area contributed by atoms with Crippen molar-refractivity contribution in [3.63, 3.8) is 0 Å². The third-order valence-electron chi connectivity index (χ3n) is 4.18. The normalized spacial score (nSPS) is 17.4. The highest BCUT2D eigenvalue weighted by Crippen LogP contribution is 2.55. The average Bonchev–Trinajstić information content (AvgIpc) is 2.47. The van der Waals surface area contributed by atoms with Gasteiger partial charge in [0.15, 0.2) is 0 Å². The zero-order valence-electron chi connectivity index (χ0n) is 13.7. The molecule has 2 atom stereocenters. The van der Waals surface area contributed by atoms with Crippen molar-refractivity contribution in [2.45, 2.75) is 89.4 Å². The molecular weight excluding hydrogens is 509 g/mol. The van der Waals surface area contributed by atoms with Gasteiger partial charge in [0.2, 0.25) is 7.37 Å². The molecule has 2 unspecified atom stereocenters. The first-order valence-corrected chi connectivity index (χ1v) is 13.3. The van der Waals surface area contributed by atoms with Crippen molar-refractivity contribution < 1.29 is 9.46 Å². The standard InChI is InChI=1S/C16H33I2O2P/c1-3-5-7-9-11-15(13-17)21(19,20)16(14-18)12-10-8-6-4-2/h15-16H,3-14H2,1-2H3,(H,19,20). The molecule has 0 aromatic carbocycles. The highest BCUT2D eigenvalue weighted by molar-refractivity contribution is 14.1. The van der Waals surface area contributed by atoms with Gasteiger partial charge in [0.1, 0.15) is 0 Å². The van der Waals surface area contributed by atoms with Crippen molar-refractivity contribution in [1.29, 1.82) is 0 Å². The lowest BCUT2D eigenvalue weighted by Crippen LogP contribution is -2.21. The van der Waals surface area contributed by atoms with Crippen LogP contribution in [-0.4, -0.2) is 25.1 Å². The van der Waals surface area contributed by atoms with Gasteiger partial charge >= 0.3 is 0 Å². The summed E-state index contributed by atoms with van der Waals surface area (Å²) in [6.07, 6.45) is 11.4. The van der Waals surface area contributed by atoms with Crippen LogP contribution in [0.3, 0.4) is 0 Å². The van der Waals surface area contributed by atoms with Crippen LogP contribution in [0.4, 0.5) is 0 Å². The quantitative estimate of drug-likeness (QED) is 0.114. The topological polar surface area (TPSA) is 37.3 Å². The Morgan fingerprint density at radius 3 is 1.48 bits per heavy atom. The Morgan fingerprint density at radius 2 is 1.19 bits per heavy atom. The monoisotopic (exact) mass is 542 g/mol. The fourth-order valence-electron chi connectivity index (χ4n) is 2.63. The predicted octanol–water partition coefficient (Wildman–Crippen LogP) is 6.80. The Bertz CT molecular complexity index is 263. The van der Waals surface area contributed by atoms with Crippen LogP contribution in [0.1, 0.15) is 78.1 Å². The summed E-state index contributed by atoms with van der Waals surface area (Å²) in [5.41, 5.74) is 0.0294. The molecule has 0 radical (unpaired) electrons. The fraction of sp³-hybridized carbons (Fsp3) is 1.00. The number of alkyl halides is 2. The molecule has 0 amide bonds. The SMILES string of the molecule is CCCCCCC(CI)P(=O)(O)C(CI)CCCCCC. The Kier molecular flexibility index (Phi) is 15.1. The lowest BCUT2D eigenvalue weighted by atomic mass is 10.1. The van der Waals surface area contributed by atoms with E-state index in [9.17, 15) is 9.46 Å². The second kappa shape index (κ2) is 14.0. The number of halogens is 2. The molecule has 0 bridgehead atoms. The molecular formula is C16H33I2O2P. The Hall–Kier alpha value is 1.65. The third-order valence-corrected chi connectivity index (χ3v) is 10.7. The molecule has 2 nitrogen and oxygen atoms in total. The molecule has 0 aliphatic heterocycles. The van der Waals surface area contributed by atoms with Crippen LogP contribution in [0.25, 0.3) is 0 Å². The molecule has 0 aliphatic rings. The molecule has 1 N–H and O–H groups in total. The van der Waals surface area contributed by atoms with E-state index in [4.69, 9.17) is 0 Å². The van der Waals surface area contributed by atoms with Gasteiger partial charge in [-0.15, -0.1) is 0 Å². The molecule has 0 heterocycles. The number of hydrogen-bond donors (Lipinski definition) is 1. The van der Waals surface area contributed by atoms with Crippen molar-refractivity contribution in [2.24, 2.45) is 0 Å². The van der Waals surface area contributed by atoms with Crippen molar-refractivity contribution in [3.8, 4) is 0 Å². The van der Waals surface area contributed by atoms with Crippen LogP contribution in [0, 0.1) is 0 Å². The van der Waals surface area contributed by atoms with E-state index in [1.807, 2.05) is 0 Å². The zero-order chi connectivity index (χ0) is 16.1. The molecule has 128 valence electrons. The summed E-state index contributed by atoms with van der Waals surface area (Å²) >= 11 is 4.60. The highest BCUT2D eigenvalue weighted by Gasteiger charge is 2.36. The maximum atomic E-state index is 12.9. The Morgan fingerprint density at radius 1 is 0.810 bits per heavy atom. The summed E-state index contributed by atoms with van der Waals surface area (Å²) in [6, 6.07) is 0. The van der Waals surface area contributed by atoms with E-state index >= 15 is 0 Å². The minimum absolute atomic E-state index is 0.0147. The van der Waals surface area contributed by atoms with Gasteiger partial charge in [-0.3, -0.25) is 4.57 Å². The van der Waals surface area contributed by atoms with Crippen molar-refractivity contribution in [1.82, 2.24) is 0 Å². The summed E-state index contributed by atoms with van der Waals surface area (Å²) in [4.78, 5) is 10.7. The smallest absolute Gasteiger partial charge is 0.208 e. The van der Waals surface area contributed by atoms with Crippen LogP contribution in [0.15, 0.2) is 0 Å². The third kappa shape index (κ3) is 9.51. The fourth-order valence-corrected chi connectivity index (χ4v) is 9.00. The van der Waals surface area contributed by atoms with Crippen LogP contribution < -0.4 is 0 Å². The first kappa shape index (κ1) is 22.6. The lowest BCUT2D eigenvalue weighted by molar-refractivity contribution is 0.441. The molecule has 0 aliphatic carbocycles. The van der Waals surface area contributed by atoms with E-state index < -0.39 is 7.37 Å². The molecule has 0 aromatic rings. The first-order chi connectivity index (χ1) is 10.0. The second-order valence-corrected chi connectivity index (χ2v) is 10.6.